The van der Waals surface area contributed by atoms with E-state index in [-0.39, 0.29) is 17.9 Å². The van der Waals surface area contributed by atoms with Crippen LogP contribution in [-0.4, -0.2) is 28.0 Å². The molecule has 0 amide bonds. The highest BCUT2D eigenvalue weighted by molar-refractivity contribution is 8.08. The van der Waals surface area contributed by atoms with Gasteiger partial charge in [-0.3, -0.25) is 0 Å². The minimum absolute atomic E-state index is 0.0559. The van der Waals surface area contributed by atoms with E-state index in [1.807, 2.05) is 6.92 Å². The quantitative estimate of drug-likeness (QED) is 0.848. The molecule has 2 rings (SSSR count). The Morgan fingerprint density at radius 3 is 2.29 bits per heavy atom. The summed E-state index contributed by atoms with van der Waals surface area (Å²) in [6, 6.07) is 6.20. The van der Waals surface area contributed by atoms with Gasteiger partial charge < -0.3 is 0 Å². The van der Waals surface area contributed by atoms with Crippen molar-refractivity contribution in [1.29, 1.82) is 0 Å². The lowest BCUT2D eigenvalue weighted by Gasteiger charge is -2.10. The highest BCUT2D eigenvalue weighted by Crippen LogP contribution is 2.25. The Bertz CT molecular complexity index is 617. The average molecular weight is 275 g/mol. The normalized spacial score (nSPS) is 23.7. The third-order valence-corrected chi connectivity index (χ3v) is 7.64. The Balaban J connectivity index is 2.47. The first-order valence-electron chi connectivity index (χ1n) is 5.13. The zero-order valence-corrected chi connectivity index (χ0v) is 10.9. The van der Waals surface area contributed by atoms with E-state index in [1.54, 1.807) is 12.1 Å². The molecule has 94 valence electrons. The highest BCUT2D eigenvalue weighted by atomic mass is 32.3. The lowest BCUT2D eigenvalue weighted by molar-refractivity contribution is 0.578. The molecule has 0 radical (unpaired) electrons. The minimum atomic E-state index is -3.81. The molecule has 1 fully saturated rings. The van der Waals surface area contributed by atoms with Gasteiger partial charge in [-0.25, -0.2) is 21.6 Å². The van der Waals surface area contributed by atoms with Gasteiger partial charge in [-0.05, 0) is 25.5 Å². The molecule has 17 heavy (non-hydrogen) atoms. The molecule has 1 aromatic carbocycles. The lowest BCUT2D eigenvalue weighted by atomic mass is 10.2. The maximum atomic E-state index is 12.1. The van der Waals surface area contributed by atoms with Crippen LogP contribution in [0.3, 0.4) is 0 Å². The number of nitrogens with one attached hydrogen (secondary N) is 1. The van der Waals surface area contributed by atoms with Crippen molar-refractivity contribution in [2.45, 2.75) is 22.8 Å². The molecule has 1 N–H and O–H groups in total. The second-order valence-electron chi connectivity index (χ2n) is 4.02. The summed E-state index contributed by atoms with van der Waals surface area (Å²) in [5.41, 5.74) is 0.927. The van der Waals surface area contributed by atoms with Crippen molar-refractivity contribution >= 4 is 19.9 Å². The van der Waals surface area contributed by atoms with E-state index in [4.69, 9.17) is 0 Å². The summed E-state index contributed by atoms with van der Waals surface area (Å²) in [7, 11) is -7.55. The summed E-state index contributed by atoms with van der Waals surface area (Å²) in [6.45, 7) is 2.02. The summed E-state index contributed by atoms with van der Waals surface area (Å²) in [6.07, 6.45) is 0.0958. The number of benzene rings is 1. The molecule has 1 saturated heterocycles. The van der Waals surface area contributed by atoms with E-state index in [1.165, 1.54) is 12.1 Å². The van der Waals surface area contributed by atoms with Gasteiger partial charge in [0.2, 0.25) is 10.0 Å². The van der Waals surface area contributed by atoms with Gasteiger partial charge in [-0.15, -0.1) is 0 Å². The van der Waals surface area contributed by atoms with E-state index < -0.39 is 24.4 Å². The Labute approximate surface area is 101 Å². The van der Waals surface area contributed by atoms with Crippen molar-refractivity contribution in [2.24, 2.45) is 0 Å². The fourth-order valence-electron chi connectivity index (χ4n) is 1.77. The summed E-state index contributed by atoms with van der Waals surface area (Å²) in [4.78, 5) is 0.0559. The largest absolute Gasteiger partial charge is 0.229 e. The van der Waals surface area contributed by atoms with Crippen molar-refractivity contribution in [3.05, 3.63) is 29.8 Å². The first-order chi connectivity index (χ1) is 7.84. The van der Waals surface area contributed by atoms with Crippen LogP contribution >= 0.6 is 0 Å². The number of hydrogen-bond donors (Lipinski definition) is 1. The Morgan fingerprint density at radius 1 is 1.24 bits per heavy atom. The first-order valence-corrected chi connectivity index (χ1v) is 8.22. The maximum absolute atomic E-state index is 12.1. The van der Waals surface area contributed by atoms with E-state index in [2.05, 4.69) is 4.72 Å². The van der Waals surface area contributed by atoms with E-state index >= 15 is 0 Å². The van der Waals surface area contributed by atoms with Crippen molar-refractivity contribution in [2.75, 3.05) is 6.54 Å². The smallest absolute Gasteiger partial charge is 0.222 e. The van der Waals surface area contributed by atoms with Crippen molar-refractivity contribution in [1.82, 2.24) is 4.72 Å². The third kappa shape index (κ3) is 2.22. The van der Waals surface area contributed by atoms with E-state index in [9.17, 15) is 16.8 Å². The Morgan fingerprint density at radius 2 is 1.82 bits per heavy atom. The topological polar surface area (TPSA) is 80.3 Å². The van der Waals surface area contributed by atoms with Crippen LogP contribution in [0, 0.1) is 6.92 Å². The molecular weight excluding hydrogens is 262 g/mol. The Hall–Kier alpha value is -0.920. The highest BCUT2D eigenvalue weighted by Gasteiger charge is 2.42. The number of sulfonamides is 1. The maximum Gasteiger partial charge on any atom is 0.229 e. The molecule has 1 atom stereocenters. The van der Waals surface area contributed by atoms with Gasteiger partial charge in [0.15, 0.2) is 14.4 Å². The fraction of sp³-hybridized carbons (Fsp3) is 0.400. The summed E-state index contributed by atoms with van der Waals surface area (Å²) < 4.78 is 48.3. The van der Waals surface area contributed by atoms with Crippen LogP contribution in [0.1, 0.15) is 12.0 Å². The monoisotopic (exact) mass is 275 g/mol. The van der Waals surface area contributed by atoms with Crippen molar-refractivity contribution in [3.63, 3.8) is 0 Å². The van der Waals surface area contributed by atoms with Crippen LogP contribution in [-0.2, 0) is 19.9 Å². The van der Waals surface area contributed by atoms with Crippen LogP contribution in [0.5, 0.6) is 0 Å². The lowest BCUT2D eigenvalue weighted by Crippen LogP contribution is -2.30. The number of aryl methyl sites for hydroxylation is 1. The summed E-state index contributed by atoms with van der Waals surface area (Å²) >= 11 is 0. The molecule has 0 spiro atoms. The molecule has 0 aromatic heterocycles. The predicted molar refractivity (Wildman–Crippen MR) is 63.7 cm³/mol. The van der Waals surface area contributed by atoms with Gasteiger partial charge in [-0.1, -0.05) is 17.7 Å². The second kappa shape index (κ2) is 4.08. The molecule has 0 saturated carbocycles. The molecular formula is C10H13NO4S2. The first kappa shape index (κ1) is 12.5. The SMILES string of the molecule is Cc1ccc(S(=O)(=O)C2CCNS2(=O)=O)cc1. The van der Waals surface area contributed by atoms with Crippen LogP contribution in [0.2, 0.25) is 0 Å². The molecule has 0 aliphatic carbocycles. The zero-order valence-electron chi connectivity index (χ0n) is 9.25. The van der Waals surface area contributed by atoms with Crippen molar-refractivity contribution < 1.29 is 16.8 Å². The molecule has 1 unspecified atom stereocenters. The third-order valence-electron chi connectivity index (χ3n) is 2.72. The number of sulfone groups is 1. The molecule has 0 bridgehead atoms. The van der Waals surface area contributed by atoms with E-state index in [0.29, 0.717) is 0 Å². The van der Waals surface area contributed by atoms with Gasteiger partial charge in [-0.2, -0.15) is 0 Å². The van der Waals surface area contributed by atoms with Crippen LogP contribution in [0.25, 0.3) is 0 Å². The summed E-state index contributed by atoms with van der Waals surface area (Å²) in [5, 5.41) is 0. The average Bonchev–Trinajstić information content (AvgIpc) is 2.59. The number of hydrogen-bond acceptors (Lipinski definition) is 4. The van der Waals surface area contributed by atoms with Gasteiger partial charge in [0.1, 0.15) is 0 Å². The van der Waals surface area contributed by atoms with Crippen LogP contribution < -0.4 is 4.72 Å². The van der Waals surface area contributed by atoms with Gasteiger partial charge in [0.05, 0.1) is 4.90 Å². The molecule has 5 nitrogen and oxygen atoms in total. The number of rotatable bonds is 2. The Kier molecular flexibility index (Phi) is 3.01. The fourth-order valence-corrected chi connectivity index (χ4v) is 5.90. The van der Waals surface area contributed by atoms with Gasteiger partial charge in [0, 0.05) is 6.54 Å². The van der Waals surface area contributed by atoms with Gasteiger partial charge >= 0.3 is 0 Å². The van der Waals surface area contributed by atoms with Crippen molar-refractivity contribution in [3.8, 4) is 0 Å². The standard InChI is InChI=1S/C10H13NO4S2/c1-8-2-4-9(5-3-8)16(12,13)10-6-7-11-17(10,14)15/h2-5,10-11H,6-7H2,1H3. The van der Waals surface area contributed by atoms with Gasteiger partial charge in [0.25, 0.3) is 0 Å². The molecule has 7 heteroatoms. The minimum Gasteiger partial charge on any atom is -0.222 e. The zero-order chi connectivity index (χ0) is 12.7. The molecule has 1 aliphatic rings. The molecule has 1 heterocycles. The van der Waals surface area contributed by atoms with Crippen LogP contribution in [0.15, 0.2) is 29.2 Å². The second-order valence-corrected chi connectivity index (χ2v) is 8.39. The molecule has 1 aromatic rings. The summed E-state index contributed by atoms with van der Waals surface area (Å²) in [5.74, 6) is 0. The predicted octanol–water partition coefficient (Wildman–Crippen LogP) is 0.418. The van der Waals surface area contributed by atoms with E-state index in [0.717, 1.165) is 5.56 Å². The molecule has 1 aliphatic heterocycles. The van der Waals surface area contributed by atoms with Crippen LogP contribution in [0.4, 0.5) is 0 Å².